The van der Waals surface area contributed by atoms with Gasteiger partial charge in [-0.3, -0.25) is 9.78 Å². The van der Waals surface area contributed by atoms with Gasteiger partial charge in [-0.2, -0.15) is 0 Å². The molecule has 3 N–H and O–H groups in total. The summed E-state index contributed by atoms with van der Waals surface area (Å²) in [7, 11) is 0. The Labute approximate surface area is 194 Å². The maximum atomic E-state index is 11.4. The predicted molar refractivity (Wildman–Crippen MR) is 126 cm³/mol. The van der Waals surface area contributed by atoms with Crippen LogP contribution in [0.1, 0.15) is 74.6 Å². The first-order valence-electron chi connectivity index (χ1n) is 11.6. The van der Waals surface area contributed by atoms with Crippen molar-refractivity contribution in [3.63, 3.8) is 0 Å². The number of carbonyl (C=O) groups is 1. The molecule has 0 aliphatic carbocycles. The zero-order valence-corrected chi connectivity index (χ0v) is 19.3. The molecule has 7 nitrogen and oxygen atoms in total. The van der Waals surface area contributed by atoms with Gasteiger partial charge in [0.15, 0.2) is 17.8 Å². The number of rotatable bonds is 15. The Kier molecular flexibility index (Phi) is 9.75. The van der Waals surface area contributed by atoms with E-state index >= 15 is 0 Å². The van der Waals surface area contributed by atoms with Crippen molar-refractivity contribution >= 4 is 28.7 Å². The van der Waals surface area contributed by atoms with Gasteiger partial charge in [0, 0.05) is 0 Å². The summed E-state index contributed by atoms with van der Waals surface area (Å²) < 4.78 is 7.83. The van der Waals surface area contributed by atoms with E-state index in [1.54, 1.807) is 18.2 Å². The minimum atomic E-state index is -0.447. The summed E-state index contributed by atoms with van der Waals surface area (Å²) in [6.07, 6.45) is 15.6. The van der Waals surface area contributed by atoms with Crippen LogP contribution in [-0.4, -0.2) is 27.5 Å². The van der Waals surface area contributed by atoms with E-state index in [9.17, 15) is 4.79 Å². The molecule has 0 saturated carbocycles. The van der Waals surface area contributed by atoms with Crippen LogP contribution in [0.25, 0.3) is 11.2 Å². The number of fused-ring (bicyclic) bond motifs is 1. The molecule has 0 radical (unpaired) electrons. The van der Waals surface area contributed by atoms with Crippen LogP contribution >= 0.6 is 11.6 Å². The zero-order valence-electron chi connectivity index (χ0n) is 18.6. The van der Waals surface area contributed by atoms with E-state index in [4.69, 9.17) is 22.1 Å². The number of primary amides is 1. The number of para-hydroxylation sites is 1. The number of H-pyrrole nitrogens is 1. The lowest BCUT2D eigenvalue weighted by Gasteiger charge is -2.09. The van der Waals surface area contributed by atoms with Crippen molar-refractivity contribution in [2.24, 2.45) is 5.73 Å². The maximum Gasteiger partial charge on any atom is 0.306 e. The lowest BCUT2D eigenvalue weighted by molar-refractivity contribution is -0.673. The summed E-state index contributed by atoms with van der Waals surface area (Å²) in [6, 6.07) is 7.14. The number of hydrogen-bond acceptors (Lipinski definition) is 4. The molecule has 0 bridgehead atoms. The van der Waals surface area contributed by atoms with Crippen molar-refractivity contribution < 1.29 is 14.1 Å². The molecular weight excluding hydrogens is 426 g/mol. The SMILES string of the molecule is NC(=O)c1ccccc1OCCCCCCCCCCCC[n+]1c[nH]c2c(Cl)ncnc21. The van der Waals surface area contributed by atoms with Crippen LogP contribution in [0.2, 0.25) is 5.15 Å². The van der Waals surface area contributed by atoms with E-state index in [-0.39, 0.29) is 0 Å². The van der Waals surface area contributed by atoms with Crippen LogP contribution in [0.4, 0.5) is 0 Å². The van der Waals surface area contributed by atoms with E-state index in [0.717, 1.165) is 37.0 Å². The van der Waals surface area contributed by atoms with E-state index in [1.165, 1.54) is 51.3 Å². The number of unbranched alkanes of at least 4 members (excludes halogenated alkanes) is 9. The number of ether oxygens (including phenoxy) is 1. The first-order valence-corrected chi connectivity index (χ1v) is 11.9. The number of hydrogen-bond donors (Lipinski definition) is 2. The zero-order chi connectivity index (χ0) is 22.6. The molecule has 1 amide bonds. The highest BCUT2D eigenvalue weighted by Gasteiger charge is 2.14. The molecule has 1 aromatic carbocycles. The average Bonchev–Trinajstić information content (AvgIpc) is 3.21. The molecule has 0 fully saturated rings. The summed E-state index contributed by atoms with van der Waals surface area (Å²) in [5.41, 5.74) is 7.49. The molecule has 32 heavy (non-hydrogen) atoms. The maximum absolute atomic E-state index is 11.4. The number of nitrogens with one attached hydrogen (secondary N) is 1. The lowest BCUT2D eigenvalue weighted by atomic mass is 10.1. The van der Waals surface area contributed by atoms with Gasteiger partial charge in [-0.05, 0) is 25.0 Å². The number of carbonyl (C=O) groups excluding carboxylic acids is 1. The summed E-state index contributed by atoms with van der Waals surface area (Å²) >= 11 is 6.07. The van der Waals surface area contributed by atoms with Gasteiger partial charge in [0.25, 0.3) is 5.91 Å². The number of imidazole rings is 1. The number of aromatic nitrogens is 4. The smallest absolute Gasteiger partial charge is 0.306 e. The first kappa shape index (κ1) is 24.0. The lowest BCUT2D eigenvalue weighted by Crippen LogP contribution is -2.32. The monoisotopic (exact) mass is 458 g/mol. The molecule has 3 aromatic rings. The minimum absolute atomic E-state index is 0.447. The Morgan fingerprint density at radius 1 is 0.969 bits per heavy atom. The quantitative estimate of drug-likeness (QED) is 0.190. The van der Waals surface area contributed by atoms with Crippen molar-refractivity contribution in [3.8, 4) is 5.75 Å². The number of nitrogens with two attached hydrogens (primary N) is 1. The highest BCUT2D eigenvalue weighted by atomic mass is 35.5. The fraction of sp³-hybridized carbons (Fsp3) is 0.500. The van der Waals surface area contributed by atoms with Crippen LogP contribution in [0.5, 0.6) is 5.75 Å². The Morgan fingerprint density at radius 2 is 1.62 bits per heavy atom. The predicted octanol–water partition coefficient (Wildman–Crippen LogP) is 4.98. The highest BCUT2D eigenvalue weighted by molar-refractivity contribution is 6.33. The third-order valence-electron chi connectivity index (χ3n) is 5.62. The highest BCUT2D eigenvalue weighted by Crippen LogP contribution is 2.18. The van der Waals surface area contributed by atoms with Crippen molar-refractivity contribution in [2.45, 2.75) is 70.8 Å². The van der Waals surface area contributed by atoms with Gasteiger partial charge in [0.2, 0.25) is 5.52 Å². The Bertz CT molecular complexity index is 991. The van der Waals surface area contributed by atoms with E-state index < -0.39 is 5.91 Å². The molecule has 0 saturated heterocycles. The molecule has 0 unspecified atom stereocenters. The van der Waals surface area contributed by atoms with Crippen LogP contribution in [0, 0.1) is 0 Å². The third kappa shape index (κ3) is 7.19. The average molecular weight is 459 g/mol. The van der Waals surface area contributed by atoms with Gasteiger partial charge in [-0.15, -0.1) is 0 Å². The van der Waals surface area contributed by atoms with Crippen LogP contribution in [0.15, 0.2) is 36.9 Å². The van der Waals surface area contributed by atoms with Crippen LogP contribution in [0.3, 0.4) is 0 Å². The summed E-state index contributed by atoms with van der Waals surface area (Å²) in [4.78, 5) is 22.8. The third-order valence-corrected chi connectivity index (χ3v) is 5.91. The number of benzene rings is 1. The molecule has 0 spiro atoms. The van der Waals surface area contributed by atoms with Crippen LogP contribution < -0.4 is 15.0 Å². The number of amides is 1. The van der Waals surface area contributed by atoms with Gasteiger partial charge in [0.05, 0.1) is 18.7 Å². The number of aromatic amines is 1. The molecule has 2 heterocycles. The molecule has 0 aliphatic heterocycles. The largest absolute Gasteiger partial charge is 0.493 e. The van der Waals surface area contributed by atoms with Gasteiger partial charge in [0.1, 0.15) is 5.75 Å². The van der Waals surface area contributed by atoms with Gasteiger partial charge in [-0.25, -0.2) is 9.55 Å². The van der Waals surface area contributed by atoms with Crippen molar-refractivity contribution in [1.82, 2.24) is 15.0 Å². The van der Waals surface area contributed by atoms with E-state index in [2.05, 4.69) is 19.5 Å². The van der Waals surface area contributed by atoms with Crippen molar-refractivity contribution in [2.75, 3.05) is 6.61 Å². The summed E-state index contributed by atoms with van der Waals surface area (Å²) in [6.45, 7) is 1.57. The van der Waals surface area contributed by atoms with E-state index in [0.29, 0.717) is 23.1 Å². The minimum Gasteiger partial charge on any atom is -0.493 e. The van der Waals surface area contributed by atoms with Gasteiger partial charge < -0.3 is 10.5 Å². The van der Waals surface area contributed by atoms with Crippen molar-refractivity contribution in [3.05, 3.63) is 47.6 Å². The standard InChI is InChI=1S/C24H32ClN5O2/c25-22-21-24(28-17-27-22)30(18-29-21)15-11-7-5-3-1-2-4-6-8-12-16-32-20-14-10-9-13-19(20)23(26)31/h9-10,13-14,17-18H,1-8,11-12,15-16H2,(H2,26,31)/p+1. The molecule has 0 atom stereocenters. The van der Waals surface area contributed by atoms with Gasteiger partial charge >= 0.3 is 5.65 Å². The molecule has 2 aromatic heterocycles. The Hall–Kier alpha value is -2.67. The second kappa shape index (κ2) is 13.0. The molecule has 8 heteroatoms. The second-order valence-corrected chi connectivity index (χ2v) is 8.43. The van der Waals surface area contributed by atoms with Crippen molar-refractivity contribution in [1.29, 1.82) is 0 Å². The van der Waals surface area contributed by atoms with Crippen LogP contribution in [-0.2, 0) is 6.54 Å². The van der Waals surface area contributed by atoms with Gasteiger partial charge in [-0.1, -0.05) is 80.1 Å². The number of aryl methyl sites for hydroxylation is 1. The first-order chi connectivity index (χ1) is 15.7. The normalized spacial score (nSPS) is 11.2. The molecule has 0 aliphatic rings. The molecular formula is C24H33ClN5O2+. The second-order valence-electron chi connectivity index (χ2n) is 8.07. The molecule has 3 rings (SSSR count). The summed E-state index contributed by atoms with van der Waals surface area (Å²) in [5, 5.41) is 0.467. The Balaban J connectivity index is 1.15. The fourth-order valence-corrected chi connectivity index (χ4v) is 4.03. The topological polar surface area (TPSA) is 97.8 Å². The number of halogens is 1. The fourth-order valence-electron chi connectivity index (χ4n) is 3.85. The summed E-state index contributed by atoms with van der Waals surface area (Å²) in [5.74, 6) is 0.136. The number of nitrogens with zero attached hydrogens (tertiary/aromatic N) is 3. The molecule has 172 valence electrons. The Morgan fingerprint density at radius 3 is 2.34 bits per heavy atom. The van der Waals surface area contributed by atoms with E-state index in [1.807, 2.05) is 12.4 Å².